The van der Waals surface area contributed by atoms with Gasteiger partial charge in [-0.3, -0.25) is 0 Å². The summed E-state index contributed by atoms with van der Waals surface area (Å²) in [6, 6.07) is 20.4. The molecule has 8 heteroatoms. The van der Waals surface area contributed by atoms with Gasteiger partial charge in [0.2, 0.25) is 0 Å². The first-order chi connectivity index (χ1) is 15.8. The molecule has 3 rings (SSSR count). The molecule has 0 spiro atoms. The van der Waals surface area contributed by atoms with Gasteiger partial charge in [-0.2, -0.15) is 13.2 Å². The van der Waals surface area contributed by atoms with Crippen LogP contribution in [0.1, 0.15) is 16.7 Å². The van der Waals surface area contributed by atoms with E-state index in [0.29, 0.717) is 23.9 Å². The van der Waals surface area contributed by atoms with E-state index in [1.54, 1.807) is 14.2 Å². The maximum absolute atomic E-state index is 12.9. The Labute approximate surface area is 196 Å². The van der Waals surface area contributed by atoms with Crippen molar-refractivity contribution in [3.8, 4) is 11.5 Å². The average Bonchev–Trinajstić information content (AvgIpc) is 2.83. The zero-order chi connectivity index (χ0) is 23.8. The van der Waals surface area contributed by atoms with Crippen molar-refractivity contribution in [2.24, 2.45) is 4.99 Å². The molecule has 33 heavy (non-hydrogen) atoms. The number of halogens is 3. The molecule has 3 aromatic carbocycles. The molecule has 0 aliphatic heterocycles. The third-order valence-corrected chi connectivity index (χ3v) is 5.65. The molecule has 0 saturated heterocycles. The normalized spacial score (nSPS) is 11.9. The number of alkyl halides is 3. The fourth-order valence-corrected chi connectivity index (χ4v) is 3.76. The van der Waals surface area contributed by atoms with Crippen LogP contribution in [0, 0.1) is 0 Å². The molecule has 0 bridgehead atoms. The standard InChI is InChI=1S/C25H25F3N2O2S/c1-31-22-12-4-18(5-13-22)16-30(17-19-6-14-23(32-2)15-7-19)24(33-3)29-21-10-8-20(9-11-21)25(26,27)28/h4-15H,16-17H2,1-3H3. The summed E-state index contributed by atoms with van der Waals surface area (Å²) in [5, 5.41) is 0.696. The molecule has 3 aromatic rings. The third-order valence-electron chi connectivity index (χ3n) is 4.94. The second-order valence-corrected chi connectivity index (χ2v) is 7.97. The minimum absolute atomic E-state index is 0.460. The molecular weight excluding hydrogens is 449 g/mol. The number of hydrogen-bond acceptors (Lipinski definition) is 4. The van der Waals surface area contributed by atoms with Gasteiger partial charge in [0.1, 0.15) is 11.5 Å². The number of amidine groups is 1. The topological polar surface area (TPSA) is 34.1 Å². The number of benzene rings is 3. The summed E-state index contributed by atoms with van der Waals surface area (Å²) >= 11 is 1.44. The maximum Gasteiger partial charge on any atom is 0.416 e. The summed E-state index contributed by atoms with van der Waals surface area (Å²) in [6.07, 6.45) is -2.47. The number of rotatable bonds is 7. The van der Waals surface area contributed by atoms with E-state index in [1.807, 2.05) is 54.8 Å². The van der Waals surface area contributed by atoms with Crippen LogP contribution < -0.4 is 9.47 Å². The summed E-state index contributed by atoms with van der Waals surface area (Å²) in [5.41, 5.74) is 1.87. The number of ether oxygens (including phenoxy) is 2. The molecule has 0 aliphatic carbocycles. The van der Waals surface area contributed by atoms with Crippen molar-refractivity contribution in [2.75, 3.05) is 20.5 Å². The van der Waals surface area contributed by atoms with E-state index >= 15 is 0 Å². The molecule has 0 atom stereocenters. The van der Waals surface area contributed by atoms with Crippen molar-refractivity contribution in [2.45, 2.75) is 19.3 Å². The van der Waals surface area contributed by atoms with Crippen LogP contribution >= 0.6 is 11.8 Å². The Kier molecular flexibility index (Phi) is 8.27. The summed E-state index contributed by atoms with van der Waals surface area (Å²) in [6.45, 7) is 1.13. The van der Waals surface area contributed by atoms with Gasteiger partial charge in [0.05, 0.1) is 25.5 Å². The second-order valence-electron chi connectivity index (χ2n) is 7.20. The summed E-state index contributed by atoms with van der Waals surface area (Å²) in [7, 11) is 3.24. The van der Waals surface area contributed by atoms with E-state index in [0.717, 1.165) is 34.8 Å². The predicted octanol–water partition coefficient (Wildman–Crippen LogP) is 6.78. The number of thioether (sulfide) groups is 1. The highest BCUT2D eigenvalue weighted by Gasteiger charge is 2.30. The Morgan fingerprint density at radius 3 is 1.61 bits per heavy atom. The molecule has 0 radical (unpaired) electrons. The van der Waals surface area contributed by atoms with Crippen molar-refractivity contribution in [1.82, 2.24) is 4.90 Å². The lowest BCUT2D eigenvalue weighted by Crippen LogP contribution is -2.27. The Balaban J connectivity index is 1.90. The van der Waals surface area contributed by atoms with Crippen LogP contribution in [0.25, 0.3) is 0 Å². The van der Waals surface area contributed by atoms with E-state index < -0.39 is 11.7 Å². The maximum atomic E-state index is 12.9. The highest BCUT2D eigenvalue weighted by Crippen LogP contribution is 2.31. The molecule has 0 fully saturated rings. The zero-order valence-electron chi connectivity index (χ0n) is 18.6. The molecule has 0 amide bonds. The van der Waals surface area contributed by atoms with Gasteiger partial charge >= 0.3 is 6.18 Å². The Morgan fingerprint density at radius 2 is 1.24 bits per heavy atom. The number of methoxy groups -OCH3 is 2. The molecule has 0 saturated carbocycles. The quantitative estimate of drug-likeness (QED) is 0.279. The van der Waals surface area contributed by atoms with E-state index in [-0.39, 0.29) is 0 Å². The van der Waals surface area contributed by atoms with E-state index in [1.165, 1.54) is 23.9 Å². The van der Waals surface area contributed by atoms with E-state index in [4.69, 9.17) is 9.47 Å². The van der Waals surface area contributed by atoms with E-state index in [9.17, 15) is 13.2 Å². The predicted molar refractivity (Wildman–Crippen MR) is 127 cm³/mol. The average molecular weight is 475 g/mol. The van der Waals surface area contributed by atoms with Crippen molar-refractivity contribution in [3.63, 3.8) is 0 Å². The Bertz CT molecular complexity index is 1000. The molecule has 0 heterocycles. The summed E-state index contributed by atoms with van der Waals surface area (Å²) < 4.78 is 49.2. The third kappa shape index (κ3) is 6.92. The smallest absolute Gasteiger partial charge is 0.416 e. The van der Waals surface area contributed by atoms with Gasteiger partial charge in [-0.15, -0.1) is 0 Å². The SMILES string of the molecule is COc1ccc(CN(Cc2ccc(OC)cc2)C(=Nc2ccc(C(F)(F)F)cc2)SC)cc1. The summed E-state index contributed by atoms with van der Waals surface area (Å²) in [5.74, 6) is 1.54. The Morgan fingerprint density at radius 1 is 0.788 bits per heavy atom. The number of aliphatic imine (C=N–C) groups is 1. The van der Waals surface area contributed by atoms with Gasteiger partial charge in [-0.25, -0.2) is 4.99 Å². The monoisotopic (exact) mass is 474 g/mol. The molecular formula is C25H25F3N2O2S. The lowest BCUT2D eigenvalue weighted by atomic mass is 10.1. The Hall–Kier alpha value is -3.13. The molecule has 4 nitrogen and oxygen atoms in total. The van der Waals surface area contributed by atoms with Crippen LogP contribution in [0.4, 0.5) is 18.9 Å². The fourth-order valence-electron chi connectivity index (χ4n) is 3.17. The van der Waals surface area contributed by atoms with E-state index in [2.05, 4.69) is 9.89 Å². The minimum Gasteiger partial charge on any atom is -0.497 e. The molecule has 0 aromatic heterocycles. The van der Waals surface area contributed by atoms with Gasteiger partial charge in [0.25, 0.3) is 0 Å². The first-order valence-electron chi connectivity index (χ1n) is 10.1. The fraction of sp³-hybridized carbons (Fsp3) is 0.240. The molecule has 174 valence electrons. The highest BCUT2D eigenvalue weighted by atomic mass is 32.2. The molecule has 0 unspecified atom stereocenters. The van der Waals surface area contributed by atoms with Gasteiger partial charge in [0.15, 0.2) is 5.17 Å². The van der Waals surface area contributed by atoms with Gasteiger partial charge in [-0.05, 0) is 65.9 Å². The van der Waals surface area contributed by atoms with Crippen LogP contribution in [0.15, 0.2) is 77.8 Å². The van der Waals surface area contributed by atoms with Gasteiger partial charge in [-0.1, -0.05) is 36.0 Å². The molecule has 0 aliphatic rings. The van der Waals surface area contributed by atoms with Gasteiger partial charge in [0, 0.05) is 13.1 Å². The van der Waals surface area contributed by atoms with Crippen molar-refractivity contribution in [1.29, 1.82) is 0 Å². The second kappa shape index (κ2) is 11.1. The minimum atomic E-state index is -4.38. The lowest BCUT2D eigenvalue weighted by Gasteiger charge is -2.26. The van der Waals surface area contributed by atoms with Crippen LogP contribution in [-0.2, 0) is 19.3 Å². The zero-order valence-corrected chi connectivity index (χ0v) is 19.4. The van der Waals surface area contributed by atoms with Crippen molar-refractivity contribution < 1.29 is 22.6 Å². The lowest BCUT2D eigenvalue weighted by molar-refractivity contribution is -0.137. The summed E-state index contributed by atoms with van der Waals surface area (Å²) in [4.78, 5) is 6.74. The van der Waals surface area contributed by atoms with Gasteiger partial charge < -0.3 is 14.4 Å². The van der Waals surface area contributed by atoms with Crippen LogP contribution in [0.3, 0.4) is 0 Å². The van der Waals surface area contributed by atoms with Crippen LogP contribution in [-0.4, -0.2) is 30.5 Å². The first kappa shape index (κ1) is 24.5. The van der Waals surface area contributed by atoms with Crippen LogP contribution in [0.5, 0.6) is 11.5 Å². The number of nitrogens with zero attached hydrogens (tertiary/aromatic N) is 2. The highest BCUT2D eigenvalue weighted by molar-refractivity contribution is 8.13. The van der Waals surface area contributed by atoms with Crippen LogP contribution in [0.2, 0.25) is 0 Å². The number of hydrogen-bond donors (Lipinski definition) is 0. The van der Waals surface area contributed by atoms with Crippen molar-refractivity contribution >= 4 is 22.6 Å². The van der Waals surface area contributed by atoms with Crippen molar-refractivity contribution in [3.05, 3.63) is 89.5 Å². The first-order valence-corrected chi connectivity index (χ1v) is 11.4. The molecule has 0 N–H and O–H groups in total. The largest absolute Gasteiger partial charge is 0.497 e.